The van der Waals surface area contributed by atoms with E-state index in [1.807, 2.05) is 23.1 Å². The van der Waals surface area contributed by atoms with Gasteiger partial charge in [-0.25, -0.2) is 0 Å². The standard InChI is InChI=1S/C21H26N2O6/c24-19-11-14(13-23(19)15-4-5-17-18(12-15)27-8-7-26-17)20(25)22-6-2-1-3-16(22)21-28-9-10-29-21/h4-5,12,14,16,21H,1-3,6-11,13H2. The smallest absolute Gasteiger partial charge is 0.228 e. The summed E-state index contributed by atoms with van der Waals surface area (Å²) in [6, 6.07) is 5.43. The number of ether oxygens (including phenoxy) is 4. The SMILES string of the molecule is O=C1CC(C(=O)N2CCCCC2C2OCCO2)CN1c1ccc2c(c1)OCCO2. The largest absolute Gasteiger partial charge is 0.486 e. The van der Waals surface area contributed by atoms with Crippen LogP contribution in [0.5, 0.6) is 11.5 Å². The molecule has 8 nitrogen and oxygen atoms in total. The minimum absolute atomic E-state index is 0.0298. The van der Waals surface area contributed by atoms with Gasteiger partial charge in [0.15, 0.2) is 17.8 Å². The van der Waals surface area contributed by atoms with Crippen LogP contribution in [0.2, 0.25) is 0 Å². The van der Waals surface area contributed by atoms with E-state index in [9.17, 15) is 9.59 Å². The van der Waals surface area contributed by atoms with E-state index in [-0.39, 0.29) is 36.5 Å². The fraction of sp³-hybridized carbons (Fsp3) is 0.619. The van der Waals surface area contributed by atoms with Gasteiger partial charge in [0, 0.05) is 31.3 Å². The predicted octanol–water partition coefficient (Wildman–Crippen LogP) is 1.56. The molecular formula is C21H26N2O6. The first-order chi connectivity index (χ1) is 14.2. The first-order valence-electron chi connectivity index (χ1n) is 10.4. The second-order valence-electron chi connectivity index (χ2n) is 7.94. The molecule has 8 heteroatoms. The third-order valence-corrected chi connectivity index (χ3v) is 6.11. The zero-order chi connectivity index (χ0) is 19.8. The van der Waals surface area contributed by atoms with Crippen molar-refractivity contribution in [3.63, 3.8) is 0 Å². The number of fused-ring (bicyclic) bond motifs is 1. The Balaban J connectivity index is 1.31. The lowest BCUT2D eigenvalue weighted by Gasteiger charge is -2.39. The molecule has 0 bridgehead atoms. The number of amides is 2. The lowest BCUT2D eigenvalue weighted by molar-refractivity contribution is -0.154. The molecule has 4 aliphatic heterocycles. The lowest BCUT2D eigenvalue weighted by Crippen LogP contribution is -2.52. The van der Waals surface area contributed by atoms with Gasteiger partial charge in [0.25, 0.3) is 0 Å². The molecule has 29 heavy (non-hydrogen) atoms. The Morgan fingerprint density at radius 1 is 1.00 bits per heavy atom. The molecule has 0 N–H and O–H groups in total. The summed E-state index contributed by atoms with van der Waals surface area (Å²) in [6.45, 7) is 3.24. The van der Waals surface area contributed by atoms with Crippen molar-refractivity contribution in [1.29, 1.82) is 0 Å². The third kappa shape index (κ3) is 3.55. The lowest BCUT2D eigenvalue weighted by atomic mass is 9.98. The quantitative estimate of drug-likeness (QED) is 0.764. The maximum absolute atomic E-state index is 13.3. The van der Waals surface area contributed by atoms with Gasteiger partial charge in [-0.15, -0.1) is 0 Å². The number of hydrogen-bond donors (Lipinski definition) is 0. The number of rotatable bonds is 3. The monoisotopic (exact) mass is 402 g/mol. The predicted molar refractivity (Wildman–Crippen MR) is 103 cm³/mol. The summed E-state index contributed by atoms with van der Waals surface area (Å²) < 4.78 is 22.5. The van der Waals surface area contributed by atoms with Crippen LogP contribution in [0.25, 0.3) is 0 Å². The van der Waals surface area contributed by atoms with E-state index in [1.165, 1.54) is 0 Å². The Morgan fingerprint density at radius 3 is 2.62 bits per heavy atom. The molecule has 2 amide bonds. The summed E-state index contributed by atoms with van der Waals surface area (Å²) in [5.74, 6) is 0.969. The van der Waals surface area contributed by atoms with Gasteiger partial charge in [0.1, 0.15) is 13.2 Å². The van der Waals surface area contributed by atoms with Crippen LogP contribution in [-0.4, -0.2) is 68.6 Å². The fourth-order valence-electron chi connectivity index (χ4n) is 4.67. The molecule has 156 valence electrons. The van der Waals surface area contributed by atoms with Crippen LogP contribution in [0.1, 0.15) is 25.7 Å². The molecule has 4 heterocycles. The molecule has 0 saturated carbocycles. The van der Waals surface area contributed by atoms with Crippen molar-refractivity contribution in [2.45, 2.75) is 38.0 Å². The summed E-state index contributed by atoms with van der Waals surface area (Å²) in [5, 5.41) is 0. The Morgan fingerprint density at radius 2 is 1.79 bits per heavy atom. The average Bonchev–Trinajstić information content (AvgIpc) is 3.43. The van der Waals surface area contributed by atoms with E-state index in [0.717, 1.165) is 24.9 Å². The number of likely N-dealkylation sites (tertiary alicyclic amines) is 1. The van der Waals surface area contributed by atoms with Crippen molar-refractivity contribution in [3.8, 4) is 11.5 Å². The summed E-state index contributed by atoms with van der Waals surface area (Å²) in [6.07, 6.45) is 2.79. The molecule has 2 unspecified atom stereocenters. The highest BCUT2D eigenvalue weighted by Crippen LogP contribution is 2.36. The fourth-order valence-corrected chi connectivity index (χ4v) is 4.67. The van der Waals surface area contributed by atoms with E-state index in [0.29, 0.717) is 51.0 Å². The van der Waals surface area contributed by atoms with Crippen LogP contribution in [0.4, 0.5) is 5.69 Å². The van der Waals surface area contributed by atoms with Gasteiger partial charge in [0.05, 0.1) is 25.2 Å². The number of nitrogens with zero attached hydrogens (tertiary/aromatic N) is 2. The molecular weight excluding hydrogens is 376 g/mol. The Hall–Kier alpha value is -2.32. The summed E-state index contributed by atoms with van der Waals surface area (Å²) in [7, 11) is 0. The highest BCUT2D eigenvalue weighted by molar-refractivity contribution is 6.00. The topological polar surface area (TPSA) is 77.5 Å². The number of carbonyl (C=O) groups excluding carboxylic acids is 2. The van der Waals surface area contributed by atoms with Crippen molar-refractivity contribution in [3.05, 3.63) is 18.2 Å². The molecule has 3 fully saturated rings. The first kappa shape index (κ1) is 18.7. The van der Waals surface area contributed by atoms with Gasteiger partial charge in [-0.05, 0) is 31.4 Å². The minimum Gasteiger partial charge on any atom is -0.486 e. The van der Waals surface area contributed by atoms with Crippen molar-refractivity contribution in [1.82, 2.24) is 4.90 Å². The van der Waals surface area contributed by atoms with Crippen molar-refractivity contribution in [2.24, 2.45) is 5.92 Å². The Kier molecular flexibility index (Phi) is 5.05. The molecule has 3 saturated heterocycles. The average molecular weight is 402 g/mol. The highest BCUT2D eigenvalue weighted by Gasteiger charge is 2.42. The van der Waals surface area contributed by atoms with Crippen LogP contribution in [0.3, 0.4) is 0 Å². The molecule has 2 atom stereocenters. The number of piperidine rings is 1. The van der Waals surface area contributed by atoms with Gasteiger partial charge < -0.3 is 28.7 Å². The van der Waals surface area contributed by atoms with Gasteiger partial charge in [0.2, 0.25) is 11.8 Å². The number of carbonyl (C=O) groups is 2. The van der Waals surface area contributed by atoms with E-state index in [2.05, 4.69) is 0 Å². The van der Waals surface area contributed by atoms with E-state index >= 15 is 0 Å². The molecule has 0 aliphatic carbocycles. The molecule has 0 radical (unpaired) electrons. The normalized spacial score (nSPS) is 27.5. The maximum atomic E-state index is 13.3. The van der Waals surface area contributed by atoms with E-state index in [1.54, 1.807) is 4.90 Å². The first-order valence-corrected chi connectivity index (χ1v) is 10.4. The van der Waals surface area contributed by atoms with E-state index in [4.69, 9.17) is 18.9 Å². The van der Waals surface area contributed by atoms with Crippen LogP contribution < -0.4 is 14.4 Å². The summed E-state index contributed by atoms with van der Waals surface area (Å²) in [5.41, 5.74) is 0.743. The second kappa shape index (κ2) is 7.84. The van der Waals surface area contributed by atoms with Gasteiger partial charge >= 0.3 is 0 Å². The number of anilines is 1. The molecule has 5 rings (SSSR count). The minimum atomic E-state index is -0.349. The van der Waals surface area contributed by atoms with E-state index < -0.39 is 0 Å². The van der Waals surface area contributed by atoms with Gasteiger partial charge in [-0.2, -0.15) is 0 Å². The van der Waals surface area contributed by atoms with Crippen molar-refractivity contribution in [2.75, 3.05) is 44.4 Å². The van der Waals surface area contributed by atoms with Crippen LogP contribution in [-0.2, 0) is 19.1 Å². The molecule has 0 spiro atoms. The number of hydrogen-bond acceptors (Lipinski definition) is 6. The van der Waals surface area contributed by atoms with Crippen LogP contribution >= 0.6 is 0 Å². The van der Waals surface area contributed by atoms with Crippen molar-refractivity contribution < 1.29 is 28.5 Å². The Bertz CT molecular complexity index is 793. The molecule has 1 aromatic rings. The summed E-state index contributed by atoms with van der Waals surface area (Å²) in [4.78, 5) is 29.6. The highest BCUT2D eigenvalue weighted by atomic mass is 16.7. The third-order valence-electron chi connectivity index (χ3n) is 6.11. The zero-order valence-electron chi connectivity index (χ0n) is 16.4. The molecule has 4 aliphatic rings. The summed E-state index contributed by atoms with van der Waals surface area (Å²) >= 11 is 0. The number of benzene rings is 1. The molecule has 1 aromatic carbocycles. The molecule has 0 aromatic heterocycles. The van der Waals surface area contributed by atoms with Gasteiger partial charge in [-0.3, -0.25) is 9.59 Å². The maximum Gasteiger partial charge on any atom is 0.228 e. The van der Waals surface area contributed by atoms with Crippen LogP contribution in [0, 0.1) is 5.92 Å². The second-order valence-corrected chi connectivity index (χ2v) is 7.94. The van der Waals surface area contributed by atoms with Crippen LogP contribution in [0.15, 0.2) is 18.2 Å². The van der Waals surface area contributed by atoms with Crippen molar-refractivity contribution >= 4 is 17.5 Å². The Labute approximate surface area is 169 Å². The zero-order valence-corrected chi connectivity index (χ0v) is 16.4. The van der Waals surface area contributed by atoms with Gasteiger partial charge in [-0.1, -0.05) is 0 Å².